The van der Waals surface area contributed by atoms with Crippen LogP contribution in [0.5, 0.6) is 0 Å². The standard InChI is InChI=1S/C15H13FN2S/c1-18(2)12-7-8-14-13(9-12)17-15(19-14)10-3-5-11(16)6-4-10/h3-9H,1-2H3. The molecule has 0 bridgehead atoms. The molecule has 1 aromatic heterocycles. The monoisotopic (exact) mass is 272 g/mol. The molecular formula is C15H13FN2S. The van der Waals surface area contributed by atoms with E-state index in [0.29, 0.717) is 0 Å². The summed E-state index contributed by atoms with van der Waals surface area (Å²) in [7, 11) is 4.02. The lowest BCUT2D eigenvalue weighted by Crippen LogP contribution is -2.07. The summed E-state index contributed by atoms with van der Waals surface area (Å²) in [4.78, 5) is 6.68. The van der Waals surface area contributed by atoms with Crippen LogP contribution in [-0.2, 0) is 0 Å². The van der Waals surface area contributed by atoms with Gasteiger partial charge >= 0.3 is 0 Å². The maximum Gasteiger partial charge on any atom is 0.124 e. The molecule has 19 heavy (non-hydrogen) atoms. The molecule has 0 fully saturated rings. The van der Waals surface area contributed by atoms with Gasteiger partial charge in [-0.3, -0.25) is 0 Å². The van der Waals surface area contributed by atoms with Gasteiger partial charge in [0.25, 0.3) is 0 Å². The lowest BCUT2D eigenvalue weighted by molar-refractivity contribution is 0.628. The van der Waals surface area contributed by atoms with Gasteiger partial charge in [-0.25, -0.2) is 9.37 Å². The lowest BCUT2D eigenvalue weighted by Gasteiger charge is -2.11. The molecule has 0 radical (unpaired) electrons. The number of benzene rings is 2. The van der Waals surface area contributed by atoms with E-state index in [4.69, 9.17) is 0 Å². The fourth-order valence-electron chi connectivity index (χ4n) is 1.91. The van der Waals surface area contributed by atoms with Crippen LogP contribution in [-0.4, -0.2) is 19.1 Å². The minimum absolute atomic E-state index is 0.222. The van der Waals surface area contributed by atoms with Crippen molar-refractivity contribution in [2.75, 3.05) is 19.0 Å². The summed E-state index contributed by atoms with van der Waals surface area (Å²) >= 11 is 1.62. The zero-order chi connectivity index (χ0) is 13.4. The van der Waals surface area contributed by atoms with Crippen molar-refractivity contribution in [3.8, 4) is 10.6 Å². The largest absolute Gasteiger partial charge is 0.378 e. The molecule has 2 nitrogen and oxygen atoms in total. The molecule has 0 amide bonds. The molecule has 0 aliphatic rings. The molecule has 0 atom stereocenters. The minimum atomic E-state index is -0.222. The third-order valence-electron chi connectivity index (χ3n) is 2.98. The predicted molar refractivity (Wildman–Crippen MR) is 79.3 cm³/mol. The van der Waals surface area contributed by atoms with Crippen LogP contribution in [0.1, 0.15) is 0 Å². The first kappa shape index (κ1) is 12.1. The first-order chi connectivity index (χ1) is 9.13. The average Bonchev–Trinajstić information content (AvgIpc) is 2.82. The number of nitrogens with zero attached hydrogens (tertiary/aromatic N) is 2. The van der Waals surface area contributed by atoms with Crippen molar-refractivity contribution in [3.05, 3.63) is 48.3 Å². The highest BCUT2D eigenvalue weighted by Crippen LogP contribution is 2.32. The van der Waals surface area contributed by atoms with Crippen LogP contribution in [0.3, 0.4) is 0 Å². The van der Waals surface area contributed by atoms with Crippen LogP contribution in [0.25, 0.3) is 20.8 Å². The van der Waals surface area contributed by atoms with Gasteiger partial charge in [0.1, 0.15) is 10.8 Å². The number of aromatic nitrogens is 1. The van der Waals surface area contributed by atoms with E-state index in [1.54, 1.807) is 23.5 Å². The van der Waals surface area contributed by atoms with Gasteiger partial charge in [-0.15, -0.1) is 11.3 Å². The number of rotatable bonds is 2. The number of hydrogen-bond donors (Lipinski definition) is 0. The van der Waals surface area contributed by atoms with E-state index in [2.05, 4.69) is 28.1 Å². The Morgan fingerprint density at radius 3 is 2.47 bits per heavy atom. The molecule has 3 aromatic rings. The van der Waals surface area contributed by atoms with Crippen molar-refractivity contribution in [2.24, 2.45) is 0 Å². The number of thiazole rings is 1. The normalized spacial score (nSPS) is 10.9. The Kier molecular flexibility index (Phi) is 2.95. The number of fused-ring (bicyclic) bond motifs is 1. The quantitative estimate of drug-likeness (QED) is 0.696. The molecule has 0 N–H and O–H groups in total. The topological polar surface area (TPSA) is 16.1 Å². The second-order valence-electron chi connectivity index (χ2n) is 4.57. The Bertz CT molecular complexity index is 717. The molecule has 0 unspecified atom stereocenters. The number of hydrogen-bond acceptors (Lipinski definition) is 3. The molecule has 4 heteroatoms. The highest BCUT2D eigenvalue weighted by Gasteiger charge is 2.07. The molecular weight excluding hydrogens is 259 g/mol. The van der Waals surface area contributed by atoms with Gasteiger partial charge in [-0.05, 0) is 42.5 Å². The summed E-state index contributed by atoms with van der Waals surface area (Å²) in [5.41, 5.74) is 3.06. The lowest BCUT2D eigenvalue weighted by atomic mass is 10.2. The van der Waals surface area contributed by atoms with E-state index < -0.39 is 0 Å². The Morgan fingerprint density at radius 1 is 1.05 bits per heavy atom. The summed E-state index contributed by atoms with van der Waals surface area (Å²) in [6.45, 7) is 0. The predicted octanol–water partition coefficient (Wildman–Crippen LogP) is 4.17. The summed E-state index contributed by atoms with van der Waals surface area (Å²) < 4.78 is 14.1. The van der Waals surface area contributed by atoms with E-state index in [9.17, 15) is 4.39 Å². The van der Waals surface area contributed by atoms with Crippen LogP contribution in [0, 0.1) is 5.82 Å². The minimum Gasteiger partial charge on any atom is -0.378 e. The van der Waals surface area contributed by atoms with Crippen LogP contribution in [0.4, 0.5) is 10.1 Å². The van der Waals surface area contributed by atoms with Crippen LogP contribution >= 0.6 is 11.3 Å². The fraction of sp³-hybridized carbons (Fsp3) is 0.133. The summed E-state index contributed by atoms with van der Waals surface area (Å²) in [5, 5.41) is 0.922. The van der Waals surface area contributed by atoms with Crippen LogP contribution < -0.4 is 4.90 Å². The van der Waals surface area contributed by atoms with Gasteiger partial charge in [0, 0.05) is 25.3 Å². The van der Waals surface area contributed by atoms with Gasteiger partial charge in [-0.1, -0.05) is 0 Å². The molecule has 2 aromatic carbocycles. The van der Waals surface area contributed by atoms with E-state index in [0.717, 1.165) is 26.5 Å². The first-order valence-corrected chi connectivity index (χ1v) is 6.79. The molecule has 1 heterocycles. The van der Waals surface area contributed by atoms with Crippen molar-refractivity contribution in [3.63, 3.8) is 0 Å². The van der Waals surface area contributed by atoms with Crippen molar-refractivity contribution in [1.29, 1.82) is 0 Å². The average molecular weight is 272 g/mol. The van der Waals surface area contributed by atoms with E-state index >= 15 is 0 Å². The third kappa shape index (κ3) is 2.31. The first-order valence-electron chi connectivity index (χ1n) is 5.97. The maximum atomic E-state index is 12.9. The zero-order valence-corrected chi connectivity index (χ0v) is 11.5. The summed E-state index contributed by atoms with van der Waals surface area (Å²) in [6, 6.07) is 12.7. The third-order valence-corrected chi connectivity index (χ3v) is 4.06. The number of anilines is 1. The van der Waals surface area contributed by atoms with Gasteiger partial charge < -0.3 is 4.90 Å². The Balaban J connectivity index is 2.08. The maximum absolute atomic E-state index is 12.9. The molecule has 0 aliphatic heterocycles. The highest BCUT2D eigenvalue weighted by molar-refractivity contribution is 7.21. The van der Waals surface area contributed by atoms with E-state index in [1.165, 1.54) is 12.1 Å². The van der Waals surface area contributed by atoms with Crippen molar-refractivity contribution in [2.45, 2.75) is 0 Å². The van der Waals surface area contributed by atoms with Gasteiger partial charge in [0.05, 0.1) is 10.2 Å². The van der Waals surface area contributed by atoms with Crippen molar-refractivity contribution in [1.82, 2.24) is 4.98 Å². The molecule has 0 aliphatic carbocycles. The molecule has 0 spiro atoms. The van der Waals surface area contributed by atoms with Gasteiger partial charge in [0.2, 0.25) is 0 Å². The second-order valence-corrected chi connectivity index (χ2v) is 5.60. The Hall–Kier alpha value is -1.94. The van der Waals surface area contributed by atoms with Gasteiger partial charge in [0.15, 0.2) is 0 Å². The van der Waals surface area contributed by atoms with Crippen LogP contribution in [0.2, 0.25) is 0 Å². The Labute approximate surface area is 115 Å². The number of halogens is 1. The molecule has 96 valence electrons. The summed E-state index contributed by atoms with van der Waals surface area (Å²) in [6.07, 6.45) is 0. The molecule has 0 saturated heterocycles. The van der Waals surface area contributed by atoms with Crippen molar-refractivity contribution < 1.29 is 4.39 Å². The molecule has 0 saturated carbocycles. The fourth-order valence-corrected chi connectivity index (χ4v) is 2.86. The smallest absolute Gasteiger partial charge is 0.124 e. The summed E-state index contributed by atoms with van der Waals surface area (Å²) in [5.74, 6) is -0.222. The highest BCUT2D eigenvalue weighted by atomic mass is 32.1. The SMILES string of the molecule is CN(C)c1ccc2sc(-c3ccc(F)cc3)nc2c1. The van der Waals surface area contributed by atoms with Crippen molar-refractivity contribution >= 4 is 27.2 Å². The Morgan fingerprint density at radius 2 is 1.79 bits per heavy atom. The molecule has 3 rings (SSSR count). The van der Waals surface area contributed by atoms with E-state index in [1.807, 2.05) is 14.1 Å². The van der Waals surface area contributed by atoms with E-state index in [-0.39, 0.29) is 5.82 Å². The zero-order valence-electron chi connectivity index (χ0n) is 10.7. The van der Waals surface area contributed by atoms with Crippen LogP contribution in [0.15, 0.2) is 42.5 Å². The second kappa shape index (κ2) is 4.63. The van der Waals surface area contributed by atoms with Gasteiger partial charge in [-0.2, -0.15) is 0 Å².